The highest BCUT2D eigenvalue weighted by atomic mass is 35.5. The zero-order valence-electron chi connectivity index (χ0n) is 19.4. The molecule has 172 valence electrons. The number of fused-ring (bicyclic) bond motifs is 5. The third-order valence-corrected chi connectivity index (χ3v) is 7.19. The first-order chi connectivity index (χ1) is 17.7. The van der Waals surface area contributed by atoms with Gasteiger partial charge in [-0.3, -0.25) is 4.98 Å². The largest absolute Gasteiger partial charge is 0.354 e. The lowest BCUT2D eigenvalue weighted by Gasteiger charge is -2.11. The third kappa shape index (κ3) is 3.57. The molecule has 7 aromatic rings. The van der Waals surface area contributed by atoms with Crippen LogP contribution in [0.1, 0.15) is 5.69 Å². The second kappa shape index (κ2) is 8.40. The average molecular weight is 484 g/mol. The molecule has 0 atom stereocenters. The predicted molar refractivity (Wildman–Crippen MR) is 153 cm³/mol. The predicted octanol–water partition coefficient (Wildman–Crippen LogP) is 8.94. The van der Waals surface area contributed by atoms with Crippen molar-refractivity contribution in [2.24, 2.45) is 0 Å². The number of benzene rings is 5. The lowest BCUT2D eigenvalue weighted by atomic mass is 10.1. The van der Waals surface area contributed by atoms with Crippen molar-refractivity contribution in [3.8, 4) is 0 Å². The van der Waals surface area contributed by atoms with Crippen molar-refractivity contribution >= 4 is 66.5 Å². The maximum absolute atomic E-state index is 6.43. The van der Waals surface area contributed by atoms with Crippen LogP contribution in [0.25, 0.3) is 43.5 Å². The van der Waals surface area contributed by atoms with Gasteiger partial charge in [0.15, 0.2) is 0 Å². The van der Waals surface area contributed by atoms with Crippen LogP contribution in [0, 0.1) is 0 Å². The van der Waals surface area contributed by atoms with Crippen molar-refractivity contribution in [1.29, 1.82) is 0 Å². The van der Waals surface area contributed by atoms with Crippen LogP contribution in [0.2, 0.25) is 5.02 Å². The van der Waals surface area contributed by atoms with Gasteiger partial charge in [-0.1, -0.05) is 78.3 Å². The molecule has 0 fully saturated rings. The monoisotopic (exact) mass is 483 g/mol. The number of halogens is 1. The molecule has 0 unspecified atom stereocenters. The van der Waals surface area contributed by atoms with Crippen molar-refractivity contribution in [2.45, 2.75) is 6.54 Å². The van der Waals surface area contributed by atoms with E-state index in [-0.39, 0.29) is 0 Å². The number of nitrogens with one attached hydrogen (secondary N) is 1. The molecule has 2 aromatic heterocycles. The van der Waals surface area contributed by atoms with Gasteiger partial charge in [-0.25, -0.2) is 0 Å². The Morgan fingerprint density at radius 1 is 0.639 bits per heavy atom. The number of anilines is 2. The van der Waals surface area contributed by atoms with Crippen molar-refractivity contribution in [3.05, 3.63) is 126 Å². The minimum atomic E-state index is 0.679. The standard InChI is InChI=1S/C32H22ClN3/c33-28-10-4-6-12-30(28)34-24-15-16-26-27-17-22-8-1-2-9-23(22)18-31(27)36(32(26)19-24)20-25-14-13-21-7-3-5-11-29(21)35-25/h1-19,34H,20H2. The van der Waals surface area contributed by atoms with Gasteiger partial charge in [0.25, 0.3) is 0 Å². The van der Waals surface area contributed by atoms with Gasteiger partial charge in [0.2, 0.25) is 0 Å². The van der Waals surface area contributed by atoms with Crippen LogP contribution < -0.4 is 5.32 Å². The maximum Gasteiger partial charge on any atom is 0.0706 e. The van der Waals surface area contributed by atoms with Gasteiger partial charge in [-0.2, -0.15) is 0 Å². The third-order valence-electron chi connectivity index (χ3n) is 6.86. The Morgan fingerprint density at radius 2 is 1.36 bits per heavy atom. The fourth-order valence-corrected chi connectivity index (χ4v) is 5.29. The fraction of sp³-hybridized carbons (Fsp3) is 0.0312. The molecule has 5 aromatic carbocycles. The zero-order valence-corrected chi connectivity index (χ0v) is 20.2. The SMILES string of the molecule is Clc1ccccc1Nc1ccc2c3cc4ccccc4cc3n(Cc3ccc4ccccc4n3)c2c1. The summed E-state index contributed by atoms with van der Waals surface area (Å²) in [6.45, 7) is 0.679. The normalized spacial score (nSPS) is 11.6. The summed E-state index contributed by atoms with van der Waals surface area (Å²) in [6, 6.07) is 40.1. The van der Waals surface area contributed by atoms with E-state index in [4.69, 9.17) is 16.6 Å². The Kier molecular flexibility index (Phi) is 4.90. The van der Waals surface area contributed by atoms with E-state index in [2.05, 4.69) is 94.8 Å². The number of hydrogen-bond acceptors (Lipinski definition) is 2. The number of aromatic nitrogens is 2. The van der Waals surface area contributed by atoms with E-state index < -0.39 is 0 Å². The molecule has 0 aliphatic carbocycles. The van der Waals surface area contributed by atoms with Gasteiger partial charge >= 0.3 is 0 Å². The molecule has 4 heteroatoms. The van der Waals surface area contributed by atoms with E-state index in [0.29, 0.717) is 11.6 Å². The van der Waals surface area contributed by atoms with Crippen LogP contribution in [0.15, 0.2) is 115 Å². The first-order valence-electron chi connectivity index (χ1n) is 12.0. The van der Waals surface area contributed by atoms with Crippen molar-refractivity contribution in [2.75, 3.05) is 5.32 Å². The van der Waals surface area contributed by atoms with Gasteiger partial charge in [0, 0.05) is 21.8 Å². The first-order valence-corrected chi connectivity index (χ1v) is 12.4. The van der Waals surface area contributed by atoms with E-state index in [1.165, 1.54) is 27.1 Å². The Balaban J connectivity index is 1.44. The summed E-state index contributed by atoms with van der Waals surface area (Å²) in [6.07, 6.45) is 0. The molecule has 1 N–H and O–H groups in total. The van der Waals surface area contributed by atoms with Crippen LogP contribution in [-0.4, -0.2) is 9.55 Å². The average Bonchev–Trinajstić information content (AvgIpc) is 3.20. The highest BCUT2D eigenvalue weighted by molar-refractivity contribution is 6.33. The summed E-state index contributed by atoms with van der Waals surface area (Å²) in [4.78, 5) is 4.97. The zero-order chi connectivity index (χ0) is 24.1. The Bertz CT molecular complexity index is 1920. The smallest absolute Gasteiger partial charge is 0.0706 e. The van der Waals surface area contributed by atoms with E-state index in [0.717, 1.165) is 33.5 Å². The Hall–Kier alpha value is -4.34. The van der Waals surface area contributed by atoms with Gasteiger partial charge in [-0.15, -0.1) is 0 Å². The Labute approximate surface area is 213 Å². The molecular formula is C32H22ClN3. The van der Waals surface area contributed by atoms with Gasteiger partial charge in [0.1, 0.15) is 0 Å². The van der Waals surface area contributed by atoms with E-state index >= 15 is 0 Å². The molecule has 0 bridgehead atoms. The van der Waals surface area contributed by atoms with Gasteiger partial charge in [0.05, 0.1) is 39.5 Å². The van der Waals surface area contributed by atoms with Crippen LogP contribution in [-0.2, 0) is 6.54 Å². The summed E-state index contributed by atoms with van der Waals surface area (Å²) in [7, 11) is 0. The van der Waals surface area contributed by atoms with Crippen molar-refractivity contribution in [3.63, 3.8) is 0 Å². The van der Waals surface area contributed by atoms with Crippen LogP contribution in [0.4, 0.5) is 11.4 Å². The van der Waals surface area contributed by atoms with Gasteiger partial charge in [-0.05, 0) is 59.3 Å². The second-order valence-corrected chi connectivity index (χ2v) is 9.54. The quantitative estimate of drug-likeness (QED) is 0.271. The van der Waals surface area contributed by atoms with Gasteiger partial charge < -0.3 is 9.88 Å². The number of pyridine rings is 1. The molecule has 0 radical (unpaired) electrons. The topological polar surface area (TPSA) is 29.9 Å². The van der Waals surface area contributed by atoms with Crippen LogP contribution in [0.5, 0.6) is 0 Å². The molecule has 0 saturated heterocycles. The molecule has 3 nitrogen and oxygen atoms in total. The van der Waals surface area contributed by atoms with E-state index in [1.54, 1.807) is 0 Å². The number of nitrogens with zero attached hydrogens (tertiary/aromatic N) is 2. The number of rotatable bonds is 4. The molecule has 2 heterocycles. The summed E-state index contributed by atoms with van der Waals surface area (Å²) in [5.74, 6) is 0. The van der Waals surface area contributed by atoms with E-state index in [1.807, 2.05) is 30.3 Å². The number of para-hydroxylation sites is 2. The van der Waals surface area contributed by atoms with Crippen molar-refractivity contribution < 1.29 is 0 Å². The Morgan fingerprint density at radius 3 is 2.22 bits per heavy atom. The molecule has 0 aliphatic heterocycles. The second-order valence-electron chi connectivity index (χ2n) is 9.13. The summed E-state index contributed by atoms with van der Waals surface area (Å²) in [5.41, 5.74) is 6.30. The van der Waals surface area contributed by atoms with E-state index in [9.17, 15) is 0 Å². The molecular weight excluding hydrogens is 462 g/mol. The highest BCUT2D eigenvalue weighted by Crippen LogP contribution is 2.35. The lowest BCUT2D eigenvalue weighted by Crippen LogP contribution is -2.02. The first kappa shape index (κ1) is 21.0. The summed E-state index contributed by atoms with van der Waals surface area (Å²) >= 11 is 6.43. The number of hydrogen-bond donors (Lipinski definition) is 1. The molecule has 36 heavy (non-hydrogen) atoms. The fourth-order valence-electron chi connectivity index (χ4n) is 5.10. The summed E-state index contributed by atoms with van der Waals surface area (Å²) in [5, 5.41) is 10.3. The minimum absolute atomic E-state index is 0.679. The summed E-state index contributed by atoms with van der Waals surface area (Å²) < 4.78 is 2.38. The molecule has 0 spiro atoms. The molecule has 0 aliphatic rings. The molecule has 7 rings (SSSR count). The maximum atomic E-state index is 6.43. The highest BCUT2D eigenvalue weighted by Gasteiger charge is 2.14. The lowest BCUT2D eigenvalue weighted by molar-refractivity contribution is 0.841. The van der Waals surface area contributed by atoms with Crippen LogP contribution >= 0.6 is 11.6 Å². The minimum Gasteiger partial charge on any atom is -0.354 e. The van der Waals surface area contributed by atoms with Crippen LogP contribution in [0.3, 0.4) is 0 Å². The molecule has 0 amide bonds. The molecule has 0 saturated carbocycles. The van der Waals surface area contributed by atoms with Crippen molar-refractivity contribution in [1.82, 2.24) is 9.55 Å².